The van der Waals surface area contributed by atoms with E-state index in [1.54, 1.807) is 42.5 Å². The lowest BCUT2D eigenvalue weighted by Gasteiger charge is -2.20. The van der Waals surface area contributed by atoms with Crippen molar-refractivity contribution in [2.75, 3.05) is 0 Å². The summed E-state index contributed by atoms with van der Waals surface area (Å²) in [7, 11) is 0. The van der Waals surface area contributed by atoms with E-state index >= 15 is 0 Å². The van der Waals surface area contributed by atoms with Gasteiger partial charge in [-0.2, -0.15) is 20.2 Å². The number of nitriles is 1. The largest absolute Gasteiger partial charge is 0.456 e. The molecule has 338 valence electrons. The number of aromatic nitrogens is 7. The Kier molecular flexibility index (Phi) is 4.79. The van der Waals surface area contributed by atoms with E-state index in [-0.39, 0.29) is 27.7 Å². The van der Waals surface area contributed by atoms with E-state index in [1.165, 1.54) is 10.6 Å². The third-order valence-electron chi connectivity index (χ3n) is 13.2. The molecule has 9 heteroatoms. The molecule has 73 heavy (non-hydrogen) atoms. The molecule has 0 saturated heterocycles. The smallest absolute Gasteiger partial charge is 0.240 e. The summed E-state index contributed by atoms with van der Waals surface area (Å²) in [6, 6.07) is 6.40. The molecule has 0 atom stereocenters. The molecule has 0 spiro atoms. The van der Waals surface area contributed by atoms with Crippen molar-refractivity contribution in [2.24, 2.45) is 0 Å². The molecular formula is C64H36N8O. The molecule has 16 aromatic rings. The third kappa shape index (κ3) is 5.46. The molecule has 0 aliphatic rings. The van der Waals surface area contributed by atoms with E-state index in [9.17, 15) is 24.5 Å². The van der Waals surface area contributed by atoms with E-state index in [0.717, 1.165) is 9.13 Å². The lowest BCUT2D eigenvalue weighted by atomic mass is 10.1. The molecule has 10 aromatic carbocycles. The van der Waals surface area contributed by atoms with Crippen LogP contribution in [0.25, 0.3) is 144 Å². The summed E-state index contributed by atoms with van der Waals surface area (Å²) < 4.78 is 225. The monoisotopic (exact) mass is 955 g/mol. The highest BCUT2D eigenvalue weighted by Gasteiger charge is 2.28. The molecule has 0 fully saturated rings. The molecule has 0 unspecified atom stereocenters. The number of benzene rings is 10. The predicted molar refractivity (Wildman–Crippen MR) is 295 cm³/mol. The van der Waals surface area contributed by atoms with Crippen LogP contribution in [0.3, 0.4) is 0 Å². The topological polar surface area (TPSA) is 95.3 Å². The molecule has 6 heterocycles. The lowest BCUT2D eigenvalue weighted by molar-refractivity contribution is 0.669. The Morgan fingerprint density at radius 3 is 1.51 bits per heavy atom. The van der Waals surface area contributed by atoms with Gasteiger partial charge in [-0.05, 0) is 84.7 Å². The molecule has 0 radical (unpaired) electrons. The van der Waals surface area contributed by atoms with Gasteiger partial charge in [0.15, 0.2) is 5.82 Å². The minimum atomic E-state index is -0.850. The van der Waals surface area contributed by atoms with Crippen molar-refractivity contribution >= 4 is 109 Å². The fourth-order valence-electron chi connectivity index (χ4n) is 10.4. The van der Waals surface area contributed by atoms with Crippen LogP contribution in [0.1, 0.15) is 37.1 Å². The van der Waals surface area contributed by atoms with Crippen molar-refractivity contribution in [3.63, 3.8) is 0 Å². The van der Waals surface area contributed by atoms with Crippen LogP contribution < -0.4 is 0 Å². The number of rotatable bonds is 5. The average molecular weight is 956 g/mol. The number of furan rings is 1. The van der Waals surface area contributed by atoms with E-state index < -0.39 is 217 Å². The van der Waals surface area contributed by atoms with Crippen molar-refractivity contribution in [3.05, 3.63) is 223 Å². The maximum absolute atomic E-state index is 10.5. The first kappa shape index (κ1) is 23.5. The molecule has 0 saturated carbocycles. The Morgan fingerprint density at radius 2 is 0.904 bits per heavy atom. The molecule has 0 bridgehead atoms. The first-order chi connectivity index (χ1) is 45.8. The van der Waals surface area contributed by atoms with Crippen LogP contribution in [-0.2, 0) is 0 Å². The van der Waals surface area contributed by atoms with E-state index in [2.05, 4.69) is 0 Å². The number of hydrogen-bond acceptors (Lipinski definition) is 5. The van der Waals surface area contributed by atoms with E-state index in [4.69, 9.17) is 31.7 Å². The Hall–Kier alpha value is -10.3. The number of nitrogens with zero attached hydrogens (tertiary/aromatic N) is 8. The molecular weight excluding hydrogens is 897 g/mol. The van der Waals surface area contributed by atoms with Crippen molar-refractivity contribution in [2.45, 2.75) is 0 Å². The summed E-state index contributed by atoms with van der Waals surface area (Å²) in [6.07, 6.45) is 0. The second-order valence-electron chi connectivity index (χ2n) is 16.9. The zero-order chi connectivity index (χ0) is 67.9. The van der Waals surface area contributed by atoms with Crippen LogP contribution >= 0.6 is 0 Å². The second kappa shape index (κ2) is 14.9. The van der Waals surface area contributed by atoms with Gasteiger partial charge in [-0.15, -0.1) is 0 Å². The van der Waals surface area contributed by atoms with Crippen LogP contribution in [-0.4, -0.2) is 33.2 Å². The van der Waals surface area contributed by atoms with E-state index in [1.807, 2.05) is 41.0 Å². The van der Waals surface area contributed by atoms with Crippen LogP contribution in [0.2, 0.25) is 0 Å². The molecule has 9 nitrogen and oxygen atoms in total. The van der Waals surface area contributed by atoms with Gasteiger partial charge in [0, 0.05) is 48.5 Å². The Labute approximate surface area is 447 Å². The summed E-state index contributed by atoms with van der Waals surface area (Å²) in [6.45, 7) is 0. The fraction of sp³-hybridized carbons (Fsp3) is 0. The lowest BCUT2D eigenvalue weighted by Crippen LogP contribution is -2.12. The highest BCUT2D eigenvalue weighted by atomic mass is 16.3. The van der Waals surface area contributed by atoms with Gasteiger partial charge in [0.2, 0.25) is 11.9 Å². The van der Waals surface area contributed by atoms with Gasteiger partial charge in [-0.1, -0.05) is 133 Å². The number of para-hydroxylation sites is 7. The van der Waals surface area contributed by atoms with Gasteiger partial charge in [0.25, 0.3) is 0 Å². The molecule has 16 rings (SSSR count). The van der Waals surface area contributed by atoms with Crippen LogP contribution in [0.15, 0.2) is 222 Å². The minimum absolute atomic E-state index is 0.0601. The van der Waals surface area contributed by atoms with Crippen molar-refractivity contribution < 1.29 is 35.9 Å². The zero-order valence-corrected chi connectivity index (χ0v) is 37.0. The zero-order valence-electron chi connectivity index (χ0n) is 60.0. The predicted octanol–water partition coefficient (Wildman–Crippen LogP) is 15.7. The molecule has 0 aliphatic heterocycles. The van der Waals surface area contributed by atoms with Gasteiger partial charge in [-0.25, -0.2) is 0 Å². The molecule has 0 amide bonds. The highest BCUT2D eigenvalue weighted by Crippen LogP contribution is 2.45. The van der Waals surface area contributed by atoms with Crippen LogP contribution in [0.4, 0.5) is 0 Å². The minimum Gasteiger partial charge on any atom is -0.456 e. The first-order valence-corrected chi connectivity index (χ1v) is 22.5. The molecule has 0 N–H and O–H groups in total. The maximum Gasteiger partial charge on any atom is 0.240 e. The summed E-state index contributed by atoms with van der Waals surface area (Å²) in [4.78, 5) is 15.3. The van der Waals surface area contributed by atoms with Gasteiger partial charge >= 0.3 is 0 Å². The Bertz CT molecular complexity index is 6140. The molecule has 6 aromatic heterocycles. The van der Waals surface area contributed by atoms with E-state index in [0.29, 0.717) is 43.7 Å². The summed E-state index contributed by atoms with van der Waals surface area (Å²) >= 11 is 0. The summed E-state index contributed by atoms with van der Waals surface area (Å²) in [5.41, 5.74) is -2.06. The standard InChI is InChI=1S/C64H36N8O/c65-37-38-32-34-54-47(36-38)44-21-6-8-23-48(44)69(54)55-29-15-30-56(70-49-24-9-5-20-43(49)45-33-35-58-59(61(45)70)46-22-7-14-31-57(46)73-58)60(55)62-66-63(71-50-25-10-1-16-39(50)40-17-2-11-26-51(40)71)68-64(67-62)72-52-27-12-3-18-41(52)42-19-4-13-28-53(42)72/h1-36H/i1D,2D,3D,4D,6D,8D,10D,11D,12D,13D,16D,17D,18D,19D,21D,23D,25D,26D,27D,28D,32D,34D,36D. The normalized spacial score (nSPS) is 16.5. The number of fused-ring (bicyclic) bond motifs is 16. The molecule has 0 aliphatic carbocycles. The second-order valence-corrected chi connectivity index (χ2v) is 16.9. The van der Waals surface area contributed by atoms with Crippen molar-refractivity contribution in [3.8, 4) is 40.7 Å². The van der Waals surface area contributed by atoms with Crippen LogP contribution in [0, 0.1) is 11.3 Å². The SMILES string of the molecule is [2H]c1c([2H])c([2H])c2c(c1[2H])c1c([2H])c([2H])c([2H])c([2H])c1n2-c1nc(-c2c(-n3c4c([2H])c([2H])c([2H])c([2H])c4c4c([2H])c(C#N)c([2H])c([2H])c43)cccc2-n2c3ccccc3c3ccc4oc5ccccc5c4c32)nc(-n2c3c([2H])c([2H])c([2H])c([2H])c3c3c([2H])c([2H])c([2H])c([2H])c32)n1. The van der Waals surface area contributed by atoms with Gasteiger partial charge < -0.3 is 13.6 Å². The van der Waals surface area contributed by atoms with Gasteiger partial charge in [-0.3, -0.25) is 9.13 Å². The first-order valence-electron chi connectivity index (χ1n) is 34.0. The van der Waals surface area contributed by atoms with Crippen molar-refractivity contribution in [1.82, 2.24) is 33.2 Å². The van der Waals surface area contributed by atoms with Gasteiger partial charge in [0.05, 0.1) is 110 Å². The average Bonchev–Trinajstić information content (AvgIpc) is 1.55. The quantitative estimate of drug-likeness (QED) is 0.171. The number of hydrogen-bond donors (Lipinski definition) is 0. The Balaban J connectivity index is 1.22. The van der Waals surface area contributed by atoms with Gasteiger partial charge in [0.1, 0.15) is 11.2 Å². The summed E-state index contributed by atoms with van der Waals surface area (Å²) in [5, 5.41) is 10.5. The third-order valence-corrected chi connectivity index (χ3v) is 13.2. The van der Waals surface area contributed by atoms with Crippen molar-refractivity contribution in [1.29, 1.82) is 5.26 Å². The summed E-state index contributed by atoms with van der Waals surface area (Å²) in [5.74, 6) is -2.13. The maximum atomic E-state index is 10.5. The Morgan fingerprint density at radius 1 is 0.397 bits per heavy atom. The fourth-order valence-corrected chi connectivity index (χ4v) is 10.4. The van der Waals surface area contributed by atoms with Crippen LogP contribution in [0.5, 0.6) is 0 Å². The highest BCUT2D eigenvalue weighted by molar-refractivity contribution is 6.25.